The van der Waals surface area contributed by atoms with Gasteiger partial charge < -0.3 is 14.2 Å². The zero-order chi connectivity index (χ0) is 20.4. The van der Waals surface area contributed by atoms with E-state index < -0.39 is 17.7 Å². The van der Waals surface area contributed by atoms with Crippen molar-refractivity contribution in [2.75, 3.05) is 0 Å². The third-order valence-corrected chi connectivity index (χ3v) is 4.56. The molecule has 0 unspecified atom stereocenters. The molecule has 1 heterocycles. The third-order valence-electron chi connectivity index (χ3n) is 4.56. The highest BCUT2D eigenvalue weighted by atomic mass is 16.7. The lowest BCUT2D eigenvalue weighted by Crippen LogP contribution is -2.41. The molecule has 0 aliphatic carbocycles. The van der Waals surface area contributed by atoms with Gasteiger partial charge in [0.1, 0.15) is 17.9 Å². The van der Waals surface area contributed by atoms with Gasteiger partial charge in [0, 0.05) is 13.8 Å². The average Bonchev–Trinajstić information content (AvgIpc) is 2.69. The number of ether oxygens (including phenoxy) is 3. The molecule has 0 radical (unpaired) electrons. The molecule has 0 bridgehead atoms. The summed E-state index contributed by atoms with van der Waals surface area (Å²) in [6.45, 7) is 3.43. The predicted molar refractivity (Wildman–Crippen MR) is 109 cm³/mol. The first-order valence-electron chi connectivity index (χ1n) is 9.29. The van der Waals surface area contributed by atoms with Crippen LogP contribution < -0.4 is 4.74 Å². The molecular weight excluding hydrogens is 368 g/mol. The molecule has 1 saturated heterocycles. The Labute approximate surface area is 168 Å². The van der Waals surface area contributed by atoms with Crippen molar-refractivity contribution in [3.05, 3.63) is 83.4 Å². The highest BCUT2D eigenvalue weighted by Gasteiger charge is 2.38. The monoisotopic (exact) mass is 388 g/mol. The zero-order valence-electron chi connectivity index (χ0n) is 16.2. The smallest absolute Gasteiger partial charge is 0.348 e. The molecule has 0 atom stereocenters. The van der Waals surface area contributed by atoms with Gasteiger partial charge in [-0.2, -0.15) is 0 Å². The van der Waals surface area contributed by atoms with Gasteiger partial charge in [-0.05, 0) is 40.1 Å². The van der Waals surface area contributed by atoms with Crippen LogP contribution in [0.5, 0.6) is 5.75 Å². The highest BCUT2D eigenvalue weighted by molar-refractivity contribution is 6.18. The van der Waals surface area contributed by atoms with Crippen LogP contribution in [0.25, 0.3) is 16.8 Å². The number of carbonyl (C=O) groups is 2. The van der Waals surface area contributed by atoms with Crippen LogP contribution in [0.15, 0.2) is 72.3 Å². The van der Waals surface area contributed by atoms with Crippen LogP contribution in [-0.4, -0.2) is 17.7 Å². The van der Waals surface area contributed by atoms with Gasteiger partial charge in [0.2, 0.25) is 0 Å². The van der Waals surface area contributed by atoms with E-state index in [-0.39, 0.29) is 5.57 Å². The van der Waals surface area contributed by atoms with Crippen molar-refractivity contribution in [2.45, 2.75) is 26.2 Å². The summed E-state index contributed by atoms with van der Waals surface area (Å²) in [6, 6.07) is 21.4. The molecule has 29 heavy (non-hydrogen) atoms. The van der Waals surface area contributed by atoms with E-state index in [4.69, 9.17) is 14.2 Å². The standard InChI is InChI=1S/C24H20O5/c1-24(2)28-22(25)21(23(26)29-24)14-16-7-5-11-19(13-16)27-15-18-10-6-9-17-8-3-4-12-20(17)18/h3-14H,15H2,1-2H3. The maximum Gasteiger partial charge on any atom is 0.348 e. The number of rotatable bonds is 4. The predicted octanol–water partition coefficient (Wildman–Crippen LogP) is 4.64. The molecule has 3 aromatic rings. The molecule has 0 N–H and O–H groups in total. The van der Waals surface area contributed by atoms with E-state index in [1.165, 1.54) is 19.9 Å². The Morgan fingerprint density at radius 3 is 2.38 bits per heavy atom. The molecule has 5 nitrogen and oxygen atoms in total. The van der Waals surface area contributed by atoms with Crippen LogP contribution in [0.1, 0.15) is 25.0 Å². The Morgan fingerprint density at radius 2 is 1.59 bits per heavy atom. The summed E-state index contributed by atoms with van der Waals surface area (Å²) in [6.07, 6.45) is 1.45. The highest BCUT2D eigenvalue weighted by Crippen LogP contribution is 2.26. The van der Waals surface area contributed by atoms with Crippen molar-refractivity contribution < 1.29 is 23.8 Å². The number of fused-ring (bicyclic) bond motifs is 1. The van der Waals surface area contributed by atoms with Crippen molar-refractivity contribution in [3.63, 3.8) is 0 Å². The number of hydrogen-bond donors (Lipinski definition) is 0. The van der Waals surface area contributed by atoms with Gasteiger partial charge in [-0.1, -0.05) is 54.6 Å². The Hall–Kier alpha value is -3.60. The minimum Gasteiger partial charge on any atom is -0.489 e. The number of cyclic esters (lactones) is 2. The molecule has 0 spiro atoms. The number of carbonyl (C=O) groups excluding carboxylic acids is 2. The summed E-state index contributed by atoms with van der Waals surface area (Å²) in [5.74, 6) is -2.03. The largest absolute Gasteiger partial charge is 0.489 e. The summed E-state index contributed by atoms with van der Waals surface area (Å²) in [5, 5.41) is 2.30. The molecule has 1 aliphatic heterocycles. The van der Waals surface area contributed by atoms with Gasteiger partial charge in [0.05, 0.1) is 0 Å². The fraction of sp³-hybridized carbons (Fsp3) is 0.167. The summed E-state index contributed by atoms with van der Waals surface area (Å²) < 4.78 is 16.2. The van der Waals surface area contributed by atoms with Crippen LogP contribution >= 0.6 is 0 Å². The first-order chi connectivity index (χ1) is 13.9. The van der Waals surface area contributed by atoms with Gasteiger partial charge in [0.15, 0.2) is 0 Å². The number of benzene rings is 3. The van der Waals surface area contributed by atoms with Gasteiger partial charge in [0.25, 0.3) is 5.79 Å². The molecule has 3 aromatic carbocycles. The summed E-state index contributed by atoms with van der Waals surface area (Å²) in [4.78, 5) is 24.2. The van der Waals surface area contributed by atoms with Crippen LogP contribution in [0.2, 0.25) is 0 Å². The first kappa shape index (κ1) is 18.7. The minimum absolute atomic E-state index is 0.143. The van der Waals surface area contributed by atoms with E-state index in [9.17, 15) is 9.59 Å². The van der Waals surface area contributed by atoms with Crippen molar-refractivity contribution in [1.29, 1.82) is 0 Å². The zero-order valence-corrected chi connectivity index (χ0v) is 16.2. The van der Waals surface area contributed by atoms with Crippen LogP contribution in [0.4, 0.5) is 0 Å². The SMILES string of the molecule is CC1(C)OC(=O)C(=Cc2cccc(OCc3cccc4ccccc34)c2)C(=O)O1. The molecule has 1 aliphatic rings. The van der Waals surface area contributed by atoms with E-state index in [1.54, 1.807) is 18.2 Å². The van der Waals surface area contributed by atoms with E-state index in [1.807, 2.05) is 30.3 Å². The first-order valence-corrected chi connectivity index (χ1v) is 9.29. The Kier molecular flexibility index (Phi) is 4.80. The van der Waals surface area contributed by atoms with E-state index in [0.717, 1.165) is 16.3 Å². The summed E-state index contributed by atoms with van der Waals surface area (Å²) in [7, 11) is 0. The molecule has 1 fully saturated rings. The summed E-state index contributed by atoms with van der Waals surface area (Å²) >= 11 is 0. The number of hydrogen-bond acceptors (Lipinski definition) is 5. The molecule has 0 aromatic heterocycles. The van der Waals surface area contributed by atoms with Crippen molar-refractivity contribution >= 4 is 28.8 Å². The van der Waals surface area contributed by atoms with Crippen molar-refractivity contribution in [3.8, 4) is 5.75 Å². The quantitative estimate of drug-likeness (QED) is 0.370. The minimum atomic E-state index is -1.26. The Bertz CT molecular complexity index is 1100. The van der Waals surface area contributed by atoms with Crippen molar-refractivity contribution in [1.82, 2.24) is 0 Å². The van der Waals surface area contributed by atoms with Crippen LogP contribution in [-0.2, 0) is 25.7 Å². The molecule has 0 saturated carbocycles. The maximum absolute atomic E-state index is 12.1. The molecule has 5 heteroatoms. The topological polar surface area (TPSA) is 61.8 Å². The third kappa shape index (κ3) is 4.14. The Morgan fingerprint density at radius 1 is 0.897 bits per heavy atom. The normalized spacial score (nSPS) is 15.6. The lowest BCUT2D eigenvalue weighted by molar-refractivity contribution is -0.222. The average molecular weight is 388 g/mol. The lowest BCUT2D eigenvalue weighted by Gasteiger charge is -2.29. The van der Waals surface area contributed by atoms with E-state index in [2.05, 4.69) is 18.2 Å². The fourth-order valence-electron chi connectivity index (χ4n) is 3.22. The van der Waals surface area contributed by atoms with Crippen LogP contribution in [0, 0.1) is 0 Å². The second-order valence-corrected chi connectivity index (χ2v) is 7.24. The number of esters is 2. The summed E-state index contributed by atoms with van der Waals surface area (Å²) in [5.41, 5.74) is 1.58. The lowest BCUT2D eigenvalue weighted by atomic mass is 10.1. The van der Waals surface area contributed by atoms with E-state index >= 15 is 0 Å². The van der Waals surface area contributed by atoms with E-state index in [0.29, 0.717) is 17.9 Å². The molecule has 0 amide bonds. The molecular formula is C24H20O5. The van der Waals surface area contributed by atoms with Gasteiger partial charge in [-0.25, -0.2) is 9.59 Å². The molecule has 146 valence electrons. The molecule has 4 rings (SSSR count). The fourth-order valence-corrected chi connectivity index (χ4v) is 3.22. The maximum atomic E-state index is 12.1. The second-order valence-electron chi connectivity index (χ2n) is 7.24. The van der Waals surface area contributed by atoms with Gasteiger partial charge in [-0.15, -0.1) is 0 Å². The van der Waals surface area contributed by atoms with Gasteiger partial charge in [-0.3, -0.25) is 0 Å². The second kappa shape index (κ2) is 7.43. The van der Waals surface area contributed by atoms with Gasteiger partial charge >= 0.3 is 11.9 Å². The Balaban J connectivity index is 1.53. The van der Waals surface area contributed by atoms with Crippen molar-refractivity contribution in [2.24, 2.45) is 0 Å². The van der Waals surface area contributed by atoms with Crippen LogP contribution in [0.3, 0.4) is 0 Å².